The number of carbonyl (C=O) groups is 1. The van der Waals surface area contributed by atoms with E-state index >= 15 is 0 Å². The normalized spacial score (nSPS) is 12.7. The SMILES string of the molecule is CCc1cc2c(=O)c(-c3ccc4c(c3)OCCCO4)c(C)oc2cc1OCC(=O)OCc1ccccc1. The number of benzene rings is 3. The van der Waals surface area contributed by atoms with Crippen molar-refractivity contribution in [2.45, 2.75) is 33.3 Å². The number of hydrogen-bond acceptors (Lipinski definition) is 7. The first kappa shape index (κ1) is 24.4. The van der Waals surface area contributed by atoms with Crippen LogP contribution in [0.1, 0.15) is 30.2 Å². The van der Waals surface area contributed by atoms with Crippen LogP contribution in [0.4, 0.5) is 0 Å². The van der Waals surface area contributed by atoms with E-state index in [9.17, 15) is 9.59 Å². The van der Waals surface area contributed by atoms with Gasteiger partial charge in [-0.25, -0.2) is 4.79 Å². The summed E-state index contributed by atoms with van der Waals surface area (Å²) >= 11 is 0. The van der Waals surface area contributed by atoms with Crippen LogP contribution < -0.4 is 19.6 Å². The molecule has 0 spiro atoms. The Kier molecular flexibility index (Phi) is 7.12. The van der Waals surface area contributed by atoms with Crippen LogP contribution in [0.5, 0.6) is 17.2 Å². The Balaban J connectivity index is 1.40. The summed E-state index contributed by atoms with van der Waals surface area (Å²) in [5.41, 5.74) is 3.13. The Labute approximate surface area is 214 Å². The predicted molar refractivity (Wildman–Crippen MR) is 139 cm³/mol. The maximum absolute atomic E-state index is 13.6. The largest absolute Gasteiger partial charge is 0.490 e. The van der Waals surface area contributed by atoms with Gasteiger partial charge in [0.05, 0.1) is 24.2 Å². The van der Waals surface area contributed by atoms with Crippen LogP contribution in [-0.4, -0.2) is 25.8 Å². The summed E-state index contributed by atoms with van der Waals surface area (Å²) in [6.45, 7) is 4.81. The molecule has 4 aromatic rings. The predicted octanol–water partition coefficient (Wildman–Crippen LogP) is 5.61. The zero-order valence-electron chi connectivity index (χ0n) is 20.9. The molecular weight excluding hydrogens is 472 g/mol. The second kappa shape index (κ2) is 10.8. The van der Waals surface area contributed by atoms with Gasteiger partial charge in [-0.2, -0.15) is 0 Å². The van der Waals surface area contributed by atoms with Gasteiger partial charge in [0.2, 0.25) is 5.43 Å². The molecule has 0 aliphatic carbocycles. The highest BCUT2D eigenvalue weighted by atomic mass is 16.6. The second-order valence-corrected chi connectivity index (χ2v) is 8.82. The lowest BCUT2D eigenvalue weighted by molar-refractivity contribution is -0.147. The molecule has 1 aromatic heterocycles. The molecule has 3 aromatic carbocycles. The second-order valence-electron chi connectivity index (χ2n) is 8.82. The first-order valence-electron chi connectivity index (χ1n) is 12.4. The van der Waals surface area contributed by atoms with Crippen LogP contribution in [0.2, 0.25) is 0 Å². The van der Waals surface area contributed by atoms with Gasteiger partial charge in [0.25, 0.3) is 0 Å². The fourth-order valence-electron chi connectivity index (χ4n) is 4.36. The van der Waals surface area contributed by atoms with E-state index in [4.69, 9.17) is 23.4 Å². The molecule has 2 heterocycles. The lowest BCUT2D eigenvalue weighted by Crippen LogP contribution is -2.15. The lowest BCUT2D eigenvalue weighted by atomic mass is 10.0. The molecule has 7 nitrogen and oxygen atoms in total. The molecule has 0 saturated heterocycles. The van der Waals surface area contributed by atoms with Gasteiger partial charge in [-0.15, -0.1) is 0 Å². The van der Waals surface area contributed by atoms with E-state index < -0.39 is 5.97 Å². The third kappa shape index (κ3) is 5.31. The summed E-state index contributed by atoms with van der Waals surface area (Å²) in [5.74, 6) is 1.77. The van der Waals surface area contributed by atoms with Gasteiger partial charge in [-0.3, -0.25) is 4.79 Å². The smallest absolute Gasteiger partial charge is 0.344 e. The molecule has 0 amide bonds. The molecule has 0 unspecified atom stereocenters. The molecule has 0 radical (unpaired) electrons. The van der Waals surface area contributed by atoms with Gasteiger partial charge in [-0.1, -0.05) is 43.3 Å². The molecule has 5 rings (SSSR count). The van der Waals surface area contributed by atoms with E-state index in [0.29, 0.717) is 64.7 Å². The van der Waals surface area contributed by atoms with Crippen LogP contribution in [0.25, 0.3) is 22.1 Å². The fourth-order valence-corrected chi connectivity index (χ4v) is 4.36. The number of ether oxygens (including phenoxy) is 4. The van der Waals surface area contributed by atoms with Crippen molar-refractivity contribution in [2.75, 3.05) is 19.8 Å². The highest BCUT2D eigenvalue weighted by Gasteiger charge is 2.19. The molecule has 1 aliphatic rings. The molecule has 190 valence electrons. The summed E-state index contributed by atoms with van der Waals surface area (Å²) < 4.78 is 28.7. The molecule has 7 heteroatoms. The van der Waals surface area contributed by atoms with Crippen LogP contribution in [0, 0.1) is 6.92 Å². The Bertz CT molecular complexity index is 1490. The average Bonchev–Trinajstić information content (AvgIpc) is 3.16. The third-order valence-corrected chi connectivity index (χ3v) is 6.25. The van der Waals surface area contributed by atoms with Gasteiger partial charge in [0.1, 0.15) is 23.7 Å². The summed E-state index contributed by atoms with van der Waals surface area (Å²) in [6.07, 6.45) is 1.41. The number of esters is 1. The lowest BCUT2D eigenvalue weighted by Gasteiger charge is -2.14. The van der Waals surface area contributed by atoms with Crippen molar-refractivity contribution < 1.29 is 28.2 Å². The van der Waals surface area contributed by atoms with E-state index in [1.807, 2.05) is 55.5 Å². The summed E-state index contributed by atoms with van der Waals surface area (Å²) in [6, 6.07) is 18.4. The zero-order chi connectivity index (χ0) is 25.8. The number of hydrogen-bond donors (Lipinski definition) is 0. The Morgan fingerprint density at radius 1 is 0.973 bits per heavy atom. The monoisotopic (exact) mass is 500 g/mol. The van der Waals surface area contributed by atoms with Crippen LogP contribution in [0.15, 0.2) is 69.9 Å². The quantitative estimate of drug-likeness (QED) is 0.305. The van der Waals surface area contributed by atoms with Crippen molar-refractivity contribution >= 4 is 16.9 Å². The third-order valence-electron chi connectivity index (χ3n) is 6.25. The molecule has 0 fully saturated rings. The minimum Gasteiger partial charge on any atom is -0.490 e. The van der Waals surface area contributed by atoms with Gasteiger partial charge in [0.15, 0.2) is 18.1 Å². The number of carbonyl (C=O) groups excluding carboxylic acids is 1. The van der Waals surface area contributed by atoms with Crippen molar-refractivity contribution in [2.24, 2.45) is 0 Å². The Morgan fingerprint density at radius 2 is 1.76 bits per heavy atom. The summed E-state index contributed by atoms with van der Waals surface area (Å²) in [7, 11) is 0. The molecule has 1 aliphatic heterocycles. The standard InChI is InChI=1S/C30H28O7/c1-3-21-14-23-26(16-25(21)35-18-28(31)36-17-20-8-5-4-6-9-20)37-19(2)29(30(23)32)22-10-11-24-27(15-22)34-13-7-12-33-24/h4-6,8-11,14-16H,3,7,12-13,17-18H2,1-2H3. The molecule has 0 atom stereocenters. The maximum Gasteiger partial charge on any atom is 0.344 e. The van der Waals surface area contributed by atoms with Gasteiger partial charge in [-0.05, 0) is 48.2 Å². The number of aryl methyl sites for hydroxylation is 2. The summed E-state index contributed by atoms with van der Waals surface area (Å²) in [4.78, 5) is 25.9. The van der Waals surface area contributed by atoms with E-state index in [0.717, 1.165) is 17.5 Å². The molecule has 0 saturated carbocycles. The number of rotatable bonds is 7. The highest BCUT2D eigenvalue weighted by molar-refractivity contribution is 5.85. The number of fused-ring (bicyclic) bond motifs is 2. The molecule has 37 heavy (non-hydrogen) atoms. The highest BCUT2D eigenvalue weighted by Crippen LogP contribution is 2.35. The first-order chi connectivity index (χ1) is 18.0. The van der Waals surface area contributed by atoms with E-state index in [1.165, 1.54) is 0 Å². The van der Waals surface area contributed by atoms with E-state index in [-0.39, 0.29) is 18.6 Å². The molecule has 0 N–H and O–H groups in total. The first-order valence-corrected chi connectivity index (χ1v) is 12.4. The van der Waals surface area contributed by atoms with Crippen molar-refractivity contribution in [3.05, 3.63) is 87.8 Å². The summed E-state index contributed by atoms with van der Waals surface area (Å²) in [5, 5.41) is 0.448. The maximum atomic E-state index is 13.6. The average molecular weight is 501 g/mol. The Hall–Kier alpha value is -4.26. The zero-order valence-corrected chi connectivity index (χ0v) is 20.9. The van der Waals surface area contributed by atoms with Gasteiger partial charge < -0.3 is 23.4 Å². The van der Waals surface area contributed by atoms with Gasteiger partial charge in [0, 0.05) is 12.5 Å². The van der Waals surface area contributed by atoms with Crippen molar-refractivity contribution in [3.63, 3.8) is 0 Å². The fraction of sp³-hybridized carbons (Fsp3) is 0.267. The van der Waals surface area contributed by atoms with Crippen LogP contribution >= 0.6 is 0 Å². The Morgan fingerprint density at radius 3 is 2.54 bits per heavy atom. The molecule has 0 bridgehead atoms. The topological polar surface area (TPSA) is 84.2 Å². The van der Waals surface area contributed by atoms with Crippen molar-refractivity contribution in [1.29, 1.82) is 0 Å². The minimum atomic E-state index is -0.478. The van der Waals surface area contributed by atoms with Crippen LogP contribution in [0.3, 0.4) is 0 Å². The van der Waals surface area contributed by atoms with Crippen LogP contribution in [-0.2, 0) is 22.6 Å². The van der Waals surface area contributed by atoms with E-state index in [1.54, 1.807) is 19.1 Å². The molecular formula is C30H28O7. The van der Waals surface area contributed by atoms with E-state index in [2.05, 4.69) is 0 Å². The van der Waals surface area contributed by atoms with Crippen molar-refractivity contribution in [1.82, 2.24) is 0 Å². The van der Waals surface area contributed by atoms with Crippen molar-refractivity contribution in [3.8, 4) is 28.4 Å². The minimum absolute atomic E-state index is 0.142. The van der Waals surface area contributed by atoms with Gasteiger partial charge >= 0.3 is 5.97 Å².